The van der Waals surface area contributed by atoms with Crippen molar-refractivity contribution in [1.82, 2.24) is 9.78 Å². The number of hydrogen-bond donors (Lipinski definition) is 1. The molecule has 25 heavy (non-hydrogen) atoms. The highest BCUT2D eigenvalue weighted by atomic mass is 79.9. The minimum Gasteiger partial charge on any atom is -0.307 e. The lowest BCUT2D eigenvalue weighted by atomic mass is 10.1. The van der Waals surface area contributed by atoms with Crippen LogP contribution in [0.1, 0.15) is 28.4 Å². The minimum absolute atomic E-state index is 0.0191. The molecule has 3 aromatic rings. The fourth-order valence-electron chi connectivity index (χ4n) is 2.47. The average molecular weight is 402 g/mol. The van der Waals surface area contributed by atoms with Crippen molar-refractivity contribution in [3.05, 3.63) is 81.7 Å². The van der Waals surface area contributed by atoms with Gasteiger partial charge in [0, 0.05) is 10.5 Å². The molecule has 0 unspecified atom stereocenters. The third-order valence-electron chi connectivity index (χ3n) is 3.89. The number of amides is 1. The first-order valence-corrected chi connectivity index (χ1v) is 8.72. The van der Waals surface area contributed by atoms with E-state index in [1.807, 2.05) is 12.1 Å². The van der Waals surface area contributed by atoms with Gasteiger partial charge in [-0.15, -0.1) is 0 Å². The molecule has 0 radical (unpaired) electrons. The van der Waals surface area contributed by atoms with Gasteiger partial charge in [-0.05, 0) is 35.7 Å². The van der Waals surface area contributed by atoms with Crippen LogP contribution >= 0.6 is 15.9 Å². The summed E-state index contributed by atoms with van der Waals surface area (Å²) in [6, 6.07) is 14.2. The standard InChI is InChI=1S/C19H17BrFN3O/c1-2-13-3-5-14(6-4-13)12-24-18(9-10-22-24)23-19(25)16-11-15(20)7-8-17(16)21/h3-11H,2,12H2,1H3,(H,23,25). The highest BCUT2D eigenvalue weighted by molar-refractivity contribution is 9.10. The smallest absolute Gasteiger partial charge is 0.259 e. The number of benzene rings is 2. The maximum Gasteiger partial charge on any atom is 0.259 e. The van der Waals surface area contributed by atoms with Crippen molar-refractivity contribution < 1.29 is 9.18 Å². The summed E-state index contributed by atoms with van der Waals surface area (Å²) in [7, 11) is 0. The number of anilines is 1. The normalized spacial score (nSPS) is 10.7. The van der Waals surface area contributed by atoms with E-state index < -0.39 is 11.7 Å². The number of aryl methyl sites for hydroxylation is 1. The van der Waals surface area contributed by atoms with E-state index in [4.69, 9.17) is 0 Å². The van der Waals surface area contributed by atoms with Crippen molar-refractivity contribution in [1.29, 1.82) is 0 Å². The Balaban J connectivity index is 1.77. The Morgan fingerprint density at radius 3 is 2.60 bits per heavy atom. The van der Waals surface area contributed by atoms with Crippen molar-refractivity contribution in [3.63, 3.8) is 0 Å². The van der Waals surface area contributed by atoms with E-state index in [9.17, 15) is 9.18 Å². The highest BCUT2D eigenvalue weighted by Gasteiger charge is 2.14. The van der Waals surface area contributed by atoms with E-state index in [0.717, 1.165) is 12.0 Å². The molecule has 0 aliphatic heterocycles. The van der Waals surface area contributed by atoms with E-state index in [0.29, 0.717) is 16.8 Å². The Hall–Kier alpha value is -2.47. The van der Waals surface area contributed by atoms with Gasteiger partial charge in [0.2, 0.25) is 0 Å². The summed E-state index contributed by atoms with van der Waals surface area (Å²) in [5.74, 6) is -0.562. The van der Waals surface area contributed by atoms with Crippen molar-refractivity contribution in [2.24, 2.45) is 0 Å². The van der Waals surface area contributed by atoms with Crippen LogP contribution in [0.4, 0.5) is 10.2 Å². The van der Waals surface area contributed by atoms with E-state index in [1.54, 1.807) is 23.0 Å². The summed E-state index contributed by atoms with van der Waals surface area (Å²) in [5, 5.41) is 6.96. The quantitative estimate of drug-likeness (QED) is 0.676. The predicted molar refractivity (Wildman–Crippen MR) is 99.2 cm³/mol. The van der Waals surface area contributed by atoms with Gasteiger partial charge in [-0.25, -0.2) is 9.07 Å². The van der Waals surface area contributed by atoms with Crippen LogP contribution < -0.4 is 5.32 Å². The molecule has 0 bridgehead atoms. The van der Waals surface area contributed by atoms with E-state index >= 15 is 0 Å². The van der Waals surface area contributed by atoms with Crippen LogP contribution in [-0.2, 0) is 13.0 Å². The second-order valence-electron chi connectivity index (χ2n) is 5.62. The van der Waals surface area contributed by atoms with Gasteiger partial charge >= 0.3 is 0 Å². The first-order chi connectivity index (χ1) is 12.1. The van der Waals surface area contributed by atoms with Crippen LogP contribution in [0.3, 0.4) is 0 Å². The molecular formula is C19H17BrFN3O. The Kier molecular flexibility index (Phi) is 5.28. The lowest BCUT2D eigenvalue weighted by molar-refractivity contribution is 0.102. The Morgan fingerprint density at radius 1 is 1.16 bits per heavy atom. The van der Waals surface area contributed by atoms with Crippen LogP contribution in [0.25, 0.3) is 0 Å². The molecule has 4 nitrogen and oxygen atoms in total. The first-order valence-electron chi connectivity index (χ1n) is 7.93. The number of carbonyl (C=O) groups is 1. The summed E-state index contributed by atoms with van der Waals surface area (Å²) in [6.45, 7) is 2.63. The van der Waals surface area contributed by atoms with E-state index in [1.165, 1.54) is 17.7 Å². The number of carbonyl (C=O) groups excluding carboxylic acids is 1. The van der Waals surface area contributed by atoms with Crippen LogP contribution in [0, 0.1) is 5.82 Å². The number of hydrogen-bond acceptors (Lipinski definition) is 2. The van der Waals surface area contributed by atoms with Crippen molar-refractivity contribution in [3.8, 4) is 0 Å². The monoisotopic (exact) mass is 401 g/mol. The van der Waals surface area contributed by atoms with Gasteiger partial charge in [0.25, 0.3) is 5.91 Å². The number of nitrogens with one attached hydrogen (secondary N) is 1. The van der Waals surface area contributed by atoms with Gasteiger partial charge in [-0.3, -0.25) is 4.79 Å². The van der Waals surface area contributed by atoms with Gasteiger partial charge in [0.1, 0.15) is 11.6 Å². The third-order valence-corrected chi connectivity index (χ3v) is 4.39. The lowest BCUT2D eigenvalue weighted by Gasteiger charge is -2.10. The van der Waals surface area contributed by atoms with Crippen molar-refractivity contribution in [2.75, 3.05) is 5.32 Å². The van der Waals surface area contributed by atoms with Gasteiger partial charge in [0.05, 0.1) is 18.3 Å². The second kappa shape index (κ2) is 7.61. The summed E-state index contributed by atoms with van der Waals surface area (Å²) >= 11 is 3.25. The lowest BCUT2D eigenvalue weighted by Crippen LogP contribution is -2.17. The molecule has 0 atom stereocenters. The van der Waals surface area contributed by atoms with Gasteiger partial charge < -0.3 is 5.32 Å². The zero-order valence-electron chi connectivity index (χ0n) is 13.7. The van der Waals surface area contributed by atoms with Gasteiger partial charge in [0.15, 0.2) is 0 Å². The molecule has 1 N–H and O–H groups in total. The molecule has 0 aliphatic rings. The second-order valence-corrected chi connectivity index (χ2v) is 6.54. The largest absolute Gasteiger partial charge is 0.307 e. The zero-order valence-corrected chi connectivity index (χ0v) is 15.3. The highest BCUT2D eigenvalue weighted by Crippen LogP contribution is 2.18. The SMILES string of the molecule is CCc1ccc(Cn2nccc2NC(=O)c2cc(Br)ccc2F)cc1. The predicted octanol–water partition coefficient (Wildman–Crippen LogP) is 4.65. The Bertz CT molecular complexity index is 890. The molecule has 1 amide bonds. The summed E-state index contributed by atoms with van der Waals surface area (Å²) in [6.07, 6.45) is 2.59. The van der Waals surface area contributed by atoms with Crippen molar-refractivity contribution in [2.45, 2.75) is 19.9 Å². The summed E-state index contributed by atoms with van der Waals surface area (Å²) < 4.78 is 16.2. The van der Waals surface area contributed by atoms with Gasteiger partial charge in [-0.2, -0.15) is 5.10 Å². The molecule has 0 saturated carbocycles. The maximum absolute atomic E-state index is 13.9. The number of aromatic nitrogens is 2. The molecule has 6 heteroatoms. The molecule has 3 rings (SSSR count). The van der Waals surface area contributed by atoms with Crippen LogP contribution in [0.5, 0.6) is 0 Å². The summed E-state index contributed by atoms with van der Waals surface area (Å²) in [5.41, 5.74) is 2.32. The number of halogens is 2. The number of nitrogens with zero attached hydrogens (tertiary/aromatic N) is 2. The average Bonchev–Trinajstić information content (AvgIpc) is 3.04. The molecule has 0 spiro atoms. The molecule has 2 aromatic carbocycles. The van der Waals surface area contributed by atoms with E-state index in [-0.39, 0.29) is 5.56 Å². The molecule has 1 aromatic heterocycles. The Morgan fingerprint density at radius 2 is 1.88 bits per heavy atom. The molecule has 0 fully saturated rings. The minimum atomic E-state index is -0.568. The fraction of sp³-hybridized carbons (Fsp3) is 0.158. The van der Waals surface area contributed by atoms with Crippen molar-refractivity contribution >= 4 is 27.7 Å². The maximum atomic E-state index is 13.9. The van der Waals surface area contributed by atoms with Crippen LogP contribution in [0.2, 0.25) is 0 Å². The van der Waals surface area contributed by atoms with Crippen LogP contribution in [-0.4, -0.2) is 15.7 Å². The fourth-order valence-corrected chi connectivity index (χ4v) is 2.83. The third kappa shape index (κ3) is 4.14. The molecule has 1 heterocycles. The number of rotatable bonds is 5. The van der Waals surface area contributed by atoms with Gasteiger partial charge in [-0.1, -0.05) is 47.1 Å². The van der Waals surface area contributed by atoms with Crippen LogP contribution in [0.15, 0.2) is 59.2 Å². The molecule has 0 aliphatic carbocycles. The summed E-state index contributed by atoms with van der Waals surface area (Å²) in [4.78, 5) is 12.4. The zero-order chi connectivity index (χ0) is 17.8. The Labute approximate surface area is 153 Å². The van der Waals surface area contributed by atoms with E-state index in [2.05, 4.69) is 45.4 Å². The topological polar surface area (TPSA) is 46.9 Å². The first kappa shape index (κ1) is 17.4. The molecule has 0 saturated heterocycles. The molecule has 128 valence electrons. The molecular weight excluding hydrogens is 385 g/mol.